The lowest BCUT2D eigenvalue weighted by Crippen LogP contribution is -2.46. The maximum Gasteiger partial charge on any atom is 0.230 e. The monoisotopic (exact) mass is 552 g/mol. The normalized spacial score (nSPS) is 20.6. The Balaban J connectivity index is 1.19. The Labute approximate surface area is 228 Å². The molecular weight excluding hydrogens is 516 g/mol. The van der Waals surface area contributed by atoms with E-state index in [4.69, 9.17) is 9.16 Å². The van der Waals surface area contributed by atoms with Crippen molar-refractivity contribution in [2.45, 2.75) is 89.8 Å². The SMILES string of the molecule is CC(C)(C)[Si](C)(C)O[C@H]1CCC[C@@H]1OCc1ncc(-c2ccc3nc(NC(=O)C4CC(=O)C4)sc3c2)cn1. The fourth-order valence-corrected chi connectivity index (χ4v) is 6.86. The molecule has 0 aliphatic heterocycles. The second kappa shape index (κ2) is 10.6. The molecule has 2 saturated carbocycles. The molecular formula is C28H36N4O4SSi. The Hall–Kier alpha value is -2.53. The molecule has 2 aliphatic rings. The number of nitrogens with one attached hydrogen (secondary N) is 1. The molecule has 2 heterocycles. The van der Waals surface area contributed by atoms with Gasteiger partial charge in [0.1, 0.15) is 12.4 Å². The van der Waals surface area contributed by atoms with Gasteiger partial charge in [0.05, 0.1) is 28.3 Å². The van der Waals surface area contributed by atoms with Crippen molar-refractivity contribution in [3.05, 3.63) is 36.4 Å². The Morgan fingerprint density at radius 2 is 1.82 bits per heavy atom. The van der Waals surface area contributed by atoms with Gasteiger partial charge in [-0.25, -0.2) is 15.0 Å². The molecule has 1 amide bonds. The highest BCUT2D eigenvalue weighted by Crippen LogP contribution is 2.40. The number of ether oxygens (including phenoxy) is 1. The highest BCUT2D eigenvalue weighted by molar-refractivity contribution is 7.22. The zero-order chi connectivity index (χ0) is 27.1. The zero-order valence-corrected chi connectivity index (χ0v) is 24.6. The molecule has 0 bridgehead atoms. The molecule has 0 unspecified atom stereocenters. The number of rotatable bonds is 8. The van der Waals surface area contributed by atoms with Gasteiger partial charge in [-0.05, 0) is 55.1 Å². The van der Waals surface area contributed by atoms with Gasteiger partial charge in [0.15, 0.2) is 19.3 Å². The largest absolute Gasteiger partial charge is 0.411 e. The van der Waals surface area contributed by atoms with Gasteiger partial charge in [0.2, 0.25) is 5.91 Å². The van der Waals surface area contributed by atoms with Crippen LogP contribution in [-0.4, -0.2) is 47.2 Å². The minimum absolute atomic E-state index is 0.0839. The number of benzene rings is 1. The Morgan fingerprint density at radius 3 is 2.50 bits per heavy atom. The van der Waals surface area contributed by atoms with Crippen molar-refractivity contribution in [1.82, 2.24) is 15.0 Å². The first kappa shape index (κ1) is 27.0. The van der Waals surface area contributed by atoms with Crippen molar-refractivity contribution in [2.24, 2.45) is 5.92 Å². The maximum absolute atomic E-state index is 12.3. The molecule has 10 heteroatoms. The molecule has 3 aromatic rings. The van der Waals surface area contributed by atoms with Gasteiger partial charge >= 0.3 is 0 Å². The lowest BCUT2D eigenvalue weighted by atomic mass is 9.83. The summed E-state index contributed by atoms with van der Waals surface area (Å²) in [6, 6.07) is 5.95. The van der Waals surface area contributed by atoms with Crippen molar-refractivity contribution < 1.29 is 18.8 Å². The Morgan fingerprint density at radius 1 is 1.11 bits per heavy atom. The van der Waals surface area contributed by atoms with Gasteiger partial charge in [0, 0.05) is 30.8 Å². The number of anilines is 1. The first-order valence-electron chi connectivity index (χ1n) is 13.3. The molecule has 2 fully saturated rings. The molecule has 8 nitrogen and oxygen atoms in total. The van der Waals surface area contributed by atoms with Crippen molar-refractivity contribution >= 4 is 46.7 Å². The van der Waals surface area contributed by atoms with Crippen LogP contribution < -0.4 is 5.32 Å². The van der Waals surface area contributed by atoms with E-state index < -0.39 is 8.32 Å². The number of Topliss-reactive ketones (excluding diaryl/α,β-unsaturated/α-hetero) is 1. The predicted octanol–water partition coefficient (Wildman–Crippen LogP) is 6.13. The van der Waals surface area contributed by atoms with E-state index in [9.17, 15) is 9.59 Å². The summed E-state index contributed by atoms with van der Waals surface area (Å²) in [5, 5.41) is 3.58. The van der Waals surface area contributed by atoms with E-state index in [1.54, 1.807) is 0 Å². The van der Waals surface area contributed by atoms with E-state index in [-0.39, 0.29) is 34.9 Å². The quantitative estimate of drug-likeness (QED) is 0.335. The van der Waals surface area contributed by atoms with Gasteiger partial charge < -0.3 is 14.5 Å². The van der Waals surface area contributed by atoms with Crippen LogP contribution in [0.2, 0.25) is 18.1 Å². The van der Waals surface area contributed by atoms with E-state index in [0.29, 0.717) is 30.4 Å². The zero-order valence-electron chi connectivity index (χ0n) is 22.7. The molecule has 1 aromatic carbocycles. The molecule has 2 aromatic heterocycles. The number of amides is 1. The molecule has 202 valence electrons. The van der Waals surface area contributed by atoms with Crippen LogP contribution in [0.25, 0.3) is 21.3 Å². The predicted molar refractivity (Wildman–Crippen MR) is 152 cm³/mol. The van der Waals surface area contributed by atoms with E-state index in [1.807, 2.05) is 30.6 Å². The van der Waals surface area contributed by atoms with E-state index in [1.165, 1.54) is 11.3 Å². The van der Waals surface area contributed by atoms with Gasteiger partial charge in [-0.3, -0.25) is 9.59 Å². The van der Waals surface area contributed by atoms with Crippen LogP contribution in [0.4, 0.5) is 5.13 Å². The first-order chi connectivity index (χ1) is 18.0. The van der Waals surface area contributed by atoms with Gasteiger partial charge in [-0.15, -0.1) is 0 Å². The average molecular weight is 553 g/mol. The smallest absolute Gasteiger partial charge is 0.230 e. The lowest BCUT2D eigenvalue weighted by molar-refractivity contribution is -0.135. The third kappa shape index (κ3) is 5.88. The Kier molecular flexibility index (Phi) is 7.52. The second-order valence-electron chi connectivity index (χ2n) is 11.9. The van der Waals surface area contributed by atoms with Gasteiger partial charge in [-0.2, -0.15) is 0 Å². The first-order valence-corrected chi connectivity index (χ1v) is 17.0. The maximum atomic E-state index is 12.3. The van der Waals surface area contributed by atoms with Gasteiger partial charge in [0.25, 0.3) is 0 Å². The van der Waals surface area contributed by atoms with Crippen molar-refractivity contribution in [3.8, 4) is 11.1 Å². The van der Waals surface area contributed by atoms with Crippen LogP contribution in [0.3, 0.4) is 0 Å². The number of ketones is 1. The third-order valence-electron chi connectivity index (χ3n) is 8.05. The average Bonchev–Trinajstić information content (AvgIpc) is 3.45. The van der Waals surface area contributed by atoms with E-state index >= 15 is 0 Å². The summed E-state index contributed by atoms with van der Waals surface area (Å²) in [6.45, 7) is 11.8. The highest BCUT2D eigenvalue weighted by Gasteiger charge is 2.42. The summed E-state index contributed by atoms with van der Waals surface area (Å²) in [7, 11) is -1.85. The molecule has 38 heavy (non-hydrogen) atoms. The highest BCUT2D eigenvalue weighted by atomic mass is 32.1. The van der Waals surface area contributed by atoms with Crippen molar-refractivity contribution in [2.75, 3.05) is 5.32 Å². The van der Waals surface area contributed by atoms with Crippen LogP contribution in [0.1, 0.15) is 58.7 Å². The lowest BCUT2D eigenvalue weighted by Gasteiger charge is -2.39. The van der Waals surface area contributed by atoms with Crippen LogP contribution in [-0.2, 0) is 25.4 Å². The third-order valence-corrected chi connectivity index (χ3v) is 13.5. The van der Waals surface area contributed by atoms with Crippen LogP contribution in [0.5, 0.6) is 0 Å². The Bertz CT molecular complexity index is 1330. The molecule has 2 aliphatic carbocycles. The van der Waals surface area contributed by atoms with E-state index in [2.05, 4.69) is 54.1 Å². The van der Waals surface area contributed by atoms with Crippen LogP contribution >= 0.6 is 11.3 Å². The molecule has 2 atom stereocenters. The number of hydrogen-bond donors (Lipinski definition) is 1. The van der Waals surface area contributed by atoms with Gasteiger partial charge in [-0.1, -0.05) is 38.2 Å². The standard InChI is InChI=1S/C28H36N4O4SSi/c1-28(2,3)38(4,5)36-23-8-6-7-22(23)35-16-25-29-14-19(15-30-25)17-9-10-21-24(13-17)37-27(31-21)32-26(34)18-11-20(33)12-18/h9-10,13-15,18,22-23H,6-8,11-12,16H2,1-5H3,(H,31,32,34)/t22-,23-/m0/s1. The molecule has 0 saturated heterocycles. The van der Waals surface area contributed by atoms with Crippen LogP contribution in [0, 0.1) is 5.92 Å². The fraction of sp³-hybridized carbons (Fsp3) is 0.536. The minimum atomic E-state index is -1.85. The second-order valence-corrected chi connectivity index (χ2v) is 17.7. The summed E-state index contributed by atoms with van der Waals surface area (Å²) in [5.74, 6) is 0.432. The summed E-state index contributed by atoms with van der Waals surface area (Å²) < 4.78 is 13.9. The topological polar surface area (TPSA) is 103 Å². The fourth-order valence-electron chi connectivity index (χ4n) is 4.57. The number of carbonyl (C=O) groups is 2. The minimum Gasteiger partial charge on any atom is -0.411 e. The number of aromatic nitrogens is 3. The van der Waals surface area contributed by atoms with Crippen molar-refractivity contribution in [1.29, 1.82) is 0 Å². The number of carbonyl (C=O) groups excluding carboxylic acids is 2. The molecule has 0 spiro atoms. The number of nitrogens with zero attached hydrogens (tertiary/aromatic N) is 3. The summed E-state index contributed by atoms with van der Waals surface area (Å²) >= 11 is 1.42. The number of hydrogen-bond acceptors (Lipinski definition) is 8. The van der Waals surface area contributed by atoms with E-state index in [0.717, 1.165) is 40.6 Å². The summed E-state index contributed by atoms with van der Waals surface area (Å²) in [6.07, 6.45) is 7.70. The molecule has 1 N–H and O–H groups in total. The summed E-state index contributed by atoms with van der Waals surface area (Å²) in [4.78, 5) is 37.1. The summed E-state index contributed by atoms with van der Waals surface area (Å²) in [5.41, 5.74) is 2.70. The molecule has 0 radical (unpaired) electrons. The molecule has 5 rings (SSSR count). The van der Waals surface area contributed by atoms with Crippen molar-refractivity contribution in [3.63, 3.8) is 0 Å². The number of thiazole rings is 1. The number of fused-ring (bicyclic) bond motifs is 1. The van der Waals surface area contributed by atoms with Crippen LogP contribution in [0.15, 0.2) is 30.6 Å².